The van der Waals surface area contributed by atoms with Gasteiger partial charge in [-0.3, -0.25) is 4.79 Å². The van der Waals surface area contributed by atoms with Gasteiger partial charge in [0.25, 0.3) is 0 Å². The van der Waals surface area contributed by atoms with Crippen molar-refractivity contribution in [3.8, 4) is 0 Å². The molecule has 0 unspecified atom stereocenters. The highest BCUT2D eigenvalue weighted by Gasteiger charge is 2.19. The highest BCUT2D eigenvalue weighted by atomic mass is 16.2. The van der Waals surface area contributed by atoms with Gasteiger partial charge in [-0.2, -0.15) is 0 Å². The summed E-state index contributed by atoms with van der Waals surface area (Å²) in [5.41, 5.74) is 7.48. The van der Waals surface area contributed by atoms with Gasteiger partial charge in [-0.15, -0.1) is 0 Å². The van der Waals surface area contributed by atoms with E-state index < -0.39 is 0 Å². The van der Waals surface area contributed by atoms with Crippen LogP contribution >= 0.6 is 0 Å². The molecule has 0 bridgehead atoms. The lowest BCUT2D eigenvalue weighted by atomic mass is 10.1. The van der Waals surface area contributed by atoms with Crippen LogP contribution < -0.4 is 16.0 Å². The summed E-state index contributed by atoms with van der Waals surface area (Å²) in [6, 6.07) is 11.9. The number of nitrogens with zero attached hydrogens (tertiary/aromatic N) is 1. The van der Waals surface area contributed by atoms with Gasteiger partial charge >= 0.3 is 0 Å². The van der Waals surface area contributed by atoms with Crippen LogP contribution in [0.5, 0.6) is 0 Å². The fourth-order valence-electron chi connectivity index (χ4n) is 2.30. The van der Waals surface area contributed by atoms with Crippen molar-refractivity contribution >= 4 is 28.1 Å². The van der Waals surface area contributed by atoms with Gasteiger partial charge in [0, 0.05) is 24.5 Å². The molecule has 1 fully saturated rings. The minimum atomic E-state index is 0.115. The Labute approximate surface area is 105 Å². The van der Waals surface area contributed by atoms with E-state index in [2.05, 4.69) is 5.32 Å². The summed E-state index contributed by atoms with van der Waals surface area (Å²) >= 11 is 0. The Morgan fingerprint density at radius 2 is 1.94 bits per heavy atom. The third-order valence-corrected chi connectivity index (χ3v) is 3.25. The predicted octanol–water partition coefficient (Wildman–Crippen LogP) is 1.36. The number of carbonyl (C=O) groups excluding carboxylic acids is 1. The zero-order valence-corrected chi connectivity index (χ0v) is 10.0. The van der Waals surface area contributed by atoms with E-state index in [1.165, 1.54) is 0 Å². The van der Waals surface area contributed by atoms with Crippen LogP contribution in [0.3, 0.4) is 0 Å². The van der Waals surface area contributed by atoms with E-state index in [-0.39, 0.29) is 5.91 Å². The van der Waals surface area contributed by atoms with Crippen LogP contribution in [0, 0.1) is 0 Å². The van der Waals surface area contributed by atoms with Gasteiger partial charge in [0.15, 0.2) is 0 Å². The van der Waals surface area contributed by atoms with Gasteiger partial charge in [0.2, 0.25) is 5.91 Å². The molecule has 1 aliphatic rings. The maximum absolute atomic E-state index is 11.8. The minimum absolute atomic E-state index is 0.115. The summed E-state index contributed by atoms with van der Waals surface area (Å²) in [6.07, 6.45) is 0. The molecular weight excluding hydrogens is 226 g/mol. The van der Waals surface area contributed by atoms with Crippen molar-refractivity contribution < 1.29 is 4.79 Å². The first-order valence-corrected chi connectivity index (χ1v) is 6.04. The van der Waals surface area contributed by atoms with Gasteiger partial charge in [0.1, 0.15) is 0 Å². The van der Waals surface area contributed by atoms with Crippen molar-refractivity contribution in [1.29, 1.82) is 0 Å². The maximum Gasteiger partial charge on any atom is 0.240 e. The van der Waals surface area contributed by atoms with Crippen LogP contribution in [-0.4, -0.2) is 25.5 Å². The summed E-state index contributed by atoms with van der Waals surface area (Å²) in [7, 11) is 0. The third kappa shape index (κ3) is 1.91. The van der Waals surface area contributed by atoms with Gasteiger partial charge in [-0.05, 0) is 35.0 Å². The van der Waals surface area contributed by atoms with Crippen LogP contribution in [0.2, 0.25) is 0 Å². The maximum atomic E-state index is 11.8. The molecule has 0 saturated carbocycles. The molecule has 1 heterocycles. The first-order valence-electron chi connectivity index (χ1n) is 6.04. The number of rotatable bonds is 1. The number of piperazine rings is 1. The molecule has 2 aromatic carbocycles. The molecule has 1 amide bonds. The van der Waals surface area contributed by atoms with Crippen LogP contribution in [0.15, 0.2) is 36.4 Å². The lowest BCUT2D eigenvalue weighted by molar-refractivity contribution is -0.118. The number of hydrogen-bond donors (Lipinski definition) is 2. The van der Waals surface area contributed by atoms with Crippen molar-refractivity contribution in [2.75, 3.05) is 30.3 Å². The lowest BCUT2D eigenvalue weighted by Crippen LogP contribution is -2.48. The predicted molar refractivity (Wildman–Crippen MR) is 73.6 cm³/mol. The second-order valence-electron chi connectivity index (χ2n) is 4.51. The summed E-state index contributed by atoms with van der Waals surface area (Å²) in [4.78, 5) is 13.7. The Hall–Kier alpha value is -2.07. The molecule has 0 spiro atoms. The first kappa shape index (κ1) is 11.0. The zero-order chi connectivity index (χ0) is 12.5. The quantitative estimate of drug-likeness (QED) is 0.741. The number of amides is 1. The molecule has 2 aromatic rings. The van der Waals surface area contributed by atoms with E-state index in [9.17, 15) is 4.79 Å². The van der Waals surface area contributed by atoms with Gasteiger partial charge in [0.05, 0.1) is 6.54 Å². The highest BCUT2D eigenvalue weighted by molar-refractivity contribution is 5.98. The fraction of sp³-hybridized carbons (Fsp3) is 0.214. The first-order chi connectivity index (χ1) is 8.74. The van der Waals surface area contributed by atoms with Gasteiger partial charge in [-0.1, -0.05) is 12.1 Å². The van der Waals surface area contributed by atoms with Crippen LogP contribution in [0.4, 0.5) is 11.4 Å². The van der Waals surface area contributed by atoms with Gasteiger partial charge in [-0.25, -0.2) is 0 Å². The zero-order valence-electron chi connectivity index (χ0n) is 10.0. The Balaban J connectivity index is 2.04. The van der Waals surface area contributed by atoms with E-state index in [1.807, 2.05) is 41.3 Å². The molecule has 4 heteroatoms. The van der Waals surface area contributed by atoms with Crippen molar-refractivity contribution in [3.63, 3.8) is 0 Å². The SMILES string of the molecule is Nc1ccc2ccc(N3CCNCC3=O)cc2c1. The number of hydrogen-bond acceptors (Lipinski definition) is 3. The van der Waals surface area contributed by atoms with Crippen molar-refractivity contribution in [1.82, 2.24) is 5.32 Å². The van der Waals surface area contributed by atoms with E-state index in [1.54, 1.807) is 0 Å². The monoisotopic (exact) mass is 241 g/mol. The number of nitrogens with one attached hydrogen (secondary N) is 1. The van der Waals surface area contributed by atoms with E-state index in [0.29, 0.717) is 13.1 Å². The van der Waals surface area contributed by atoms with Crippen molar-refractivity contribution in [3.05, 3.63) is 36.4 Å². The molecule has 0 aliphatic carbocycles. The molecule has 1 saturated heterocycles. The Bertz CT molecular complexity index is 609. The van der Waals surface area contributed by atoms with E-state index >= 15 is 0 Å². The number of nitrogens with two attached hydrogens (primary N) is 1. The standard InChI is InChI=1S/C14H15N3O/c15-12-3-1-10-2-4-13(8-11(10)7-12)17-6-5-16-9-14(17)18/h1-4,7-8,16H,5-6,9,15H2. The topological polar surface area (TPSA) is 58.4 Å². The number of benzene rings is 2. The smallest absolute Gasteiger partial charge is 0.240 e. The molecule has 4 nitrogen and oxygen atoms in total. The molecule has 3 rings (SSSR count). The highest BCUT2D eigenvalue weighted by Crippen LogP contribution is 2.24. The molecule has 18 heavy (non-hydrogen) atoms. The molecule has 0 atom stereocenters. The second kappa shape index (κ2) is 4.31. The summed E-state index contributed by atoms with van der Waals surface area (Å²) in [6.45, 7) is 1.96. The summed E-state index contributed by atoms with van der Waals surface area (Å²) in [5, 5.41) is 5.27. The Kier molecular flexibility index (Phi) is 2.64. The molecule has 1 aliphatic heterocycles. The average molecular weight is 241 g/mol. The number of nitrogen functional groups attached to an aromatic ring is 1. The minimum Gasteiger partial charge on any atom is -0.399 e. The van der Waals surface area contributed by atoms with Crippen LogP contribution in [0.1, 0.15) is 0 Å². The molecule has 0 radical (unpaired) electrons. The number of carbonyl (C=O) groups is 1. The van der Waals surface area contributed by atoms with Crippen LogP contribution in [0.25, 0.3) is 10.8 Å². The molecule has 0 aromatic heterocycles. The Morgan fingerprint density at radius 1 is 1.11 bits per heavy atom. The third-order valence-electron chi connectivity index (χ3n) is 3.25. The summed E-state index contributed by atoms with van der Waals surface area (Å²) in [5.74, 6) is 0.115. The summed E-state index contributed by atoms with van der Waals surface area (Å²) < 4.78 is 0. The van der Waals surface area contributed by atoms with Crippen molar-refractivity contribution in [2.45, 2.75) is 0 Å². The molecule has 3 N–H and O–H groups in total. The van der Waals surface area contributed by atoms with E-state index in [0.717, 1.165) is 28.7 Å². The number of fused-ring (bicyclic) bond motifs is 1. The number of anilines is 2. The Morgan fingerprint density at radius 3 is 2.78 bits per heavy atom. The molecule has 92 valence electrons. The van der Waals surface area contributed by atoms with E-state index in [4.69, 9.17) is 5.73 Å². The lowest BCUT2D eigenvalue weighted by Gasteiger charge is -2.27. The fourth-order valence-corrected chi connectivity index (χ4v) is 2.30. The van der Waals surface area contributed by atoms with Crippen molar-refractivity contribution in [2.24, 2.45) is 0 Å². The van der Waals surface area contributed by atoms with Crippen LogP contribution in [-0.2, 0) is 4.79 Å². The van der Waals surface area contributed by atoms with Gasteiger partial charge < -0.3 is 16.0 Å². The second-order valence-corrected chi connectivity index (χ2v) is 4.51. The normalized spacial score (nSPS) is 16.2. The largest absolute Gasteiger partial charge is 0.399 e. The average Bonchev–Trinajstić information content (AvgIpc) is 2.38. The molecular formula is C14H15N3O.